The Morgan fingerprint density at radius 1 is 1.11 bits per heavy atom. The van der Waals surface area contributed by atoms with Gasteiger partial charge in [0.2, 0.25) is 5.89 Å². The monoisotopic (exact) mass is 251 g/mol. The van der Waals surface area contributed by atoms with E-state index in [1.165, 1.54) is 19.3 Å². The van der Waals surface area contributed by atoms with Crippen molar-refractivity contribution in [2.45, 2.75) is 57.8 Å². The minimum Gasteiger partial charge on any atom is -0.339 e. The van der Waals surface area contributed by atoms with Crippen molar-refractivity contribution in [1.82, 2.24) is 15.0 Å². The van der Waals surface area contributed by atoms with Crippen LogP contribution in [0.1, 0.15) is 69.5 Å². The SMILES string of the molecule is CCC.CN1CCC(c2nc(C3CC3)no2)CC1. The summed E-state index contributed by atoms with van der Waals surface area (Å²) < 4.78 is 5.36. The van der Waals surface area contributed by atoms with E-state index in [1.54, 1.807) is 0 Å². The third-order valence-corrected chi connectivity index (χ3v) is 3.47. The van der Waals surface area contributed by atoms with Crippen molar-refractivity contribution in [2.75, 3.05) is 20.1 Å². The van der Waals surface area contributed by atoms with E-state index in [9.17, 15) is 0 Å². The molecule has 4 heteroatoms. The first-order valence-corrected chi connectivity index (χ1v) is 7.26. The average Bonchev–Trinajstić information content (AvgIpc) is 3.10. The molecule has 1 saturated heterocycles. The van der Waals surface area contributed by atoms with Gasteiger partial charge < -0.3 is 9.42 Å². The number of likely N-dealkylation sites (tertiary alicyclic amines) is 1. The molecule has 102 valence electrons. The summed E-state index contributed by atoms with van der Waals surface area (Å²) in [5.74, 6) is 2.93. The van der Waals surface area contributed by atoms with Crippen LogP contribution in [0.3, 0.4) is 0 Å². The first-order valence-electron chi connectivity index (χ1n) is 7.26. The summed E-state index contributed by atoms with van der Waals surface area (Å²) in [4.78, 5) is 6.88. The van der Waals surface area contributed by atoms with E-state index < -0.39 is 0 Å². The van der Waals surface area contributed by atoms with Crippen LogP contribution in [0.25, 0.3) is 0 Å². The zero-order valence-electron chi connectivity index (χ0n) is 11.9. The van der Waals surface area contributed by atoms with Gasteiger partial charge in [-0.25, -0.2) is 0 Å². The van der Waals surface area contributed by atoms with Gasteiger partial charge in [0.1, 0.15) is 0 Å². The van der Waals surface area contributed by atoms with E-state index >= 15 is 0 Å². The quantitative estimate of drug-likeness (QED) is 0.809. The molecule has 4 nitrogen and oxygen atoms in total. The highest BCUT2D eigenvalue weighted by atomic mass is 16.5. The van der Waals surface area contributed by atoms with E-state index in [-0.39, 0.29) is 0 Å². The predicted octanol–water partition coefficient (Wildman–Crippen LogP) is 3.17. The molecular formula is C14H25N3O. The van der Waals surface area contributed by atoms with Gasteiger partial charge in [0.15, 0.2) is 5.82 Å². The molecule has 0 atom stereocenters. The zero-order chi connectivity index (χ0) is 13.0. The lowest BCUT2D eigenvalue weighted by Crippen LogP contribution is -2.29. The third-order valence-electron chi connectivity index (χ3n) is 3.47. The molecule has 3 rings (SSSR count). The van der Waals surface area contributed by atoms with Crippen LogP contribution in [-0.2, 0) is 0 Å². The van der Waals surface area contributed by atoms with Crippen molar-refractivity contribution < 1.29 is 4.52 Å². The maximum atomic E-state index is 5.36. The molecule has 1 aromatic heterocycles. The van der Waals surface area contributed by atoms with Crippen LogP contribution in [0, 0.1) is 0 Å². The second kappa shape index (κ2) is 6.32. The molecule has 0 unspecified atom stereocenters. The van der Waals surface area contributed by atoms with Gasteiger partial charge in [-0.05, 0) is 45.8 Å². The van der Waals surface area contributed by atoms with Crippen LogP contribution in [0.15, 0.2) is 4.52 Å². The van der Waals surface area contributed by atoms with Gasteiger partial charge in [0.25, 0.3) is 0 Å². The lowest BCUT2D eigenvalue weighted by Gasteiger charge is -2.26. The lowest BCUT2D eigenvalue weighted by atomic mass is 9.97. The Morgan fingerprint density at radius 2 is 1.72 bits per heavy atom. The van der Waals surface area contributed by atoms with Crippen LogP contribution in [0.5, 0.6) is 0 Å². The number of hydrogen-bond donors (Lipinski definition) is 0. The van der Waals surface area contributed by atoms with Crippen LogP contribution in [-0.4, -0.2) is 35.2 Å². The Morgan fingerprint density at radius 3 is 2.28 bits per heavy atom. The third kappa shape index (κ3) is 3.55. The molecule has 0 bridgehead atoms. The second-order valence-electron chi connectivity index (χ2n) is 5.55. The largest absolute Gasteiger partial charge is 0.339 e. The predicted molar refractivity (Wildman–Crippen MR) is 71.7 cm³/mol. The molecule has 2 heterocycles. The Bertz CT molecular complexity index is 352. The zero-order valence-corrected chi connectivity index (χ0v) is 11.9. The molecule has 0 aromatic carbocycles. The Kier molecular flexibility index (Phi) is 4.75. The van der Waals surface area contributed by atoms with Crippen molar-refractivity contribution in [1.29, 1.82) is 0 Å². The summed E-state index contributed by atoms with van der Waals surface area (Å²) in [6.07, 6.45) is 6.05. The normalized spacial score (nSPS) is 21.5. The van der Waals surface area contributed by atoms with Gasteiger partial charge in [0, 0.05) is 11.8 Å². The van der Waals surface area contributed by atoms with Crippen LogP contribution in [0.2, 0.25) is 0 Å². The van der Waals surface area contributed by atoms with Crippen molar-refractivity contribution in [2.24, 2.45) is 0 Å². The molecule has 18 heavy (non-hydrogen) atoms. The van der Waals surface area contributed by atoms with E-state index in [2.05, 4.69) is 35.9 Å². The molecule has 0 N–H and O–H groups in total. The number of aromatic nitrogens is 2. The smallest absolute Gasteiger partial charge is 0.229 e. The lowest BCUT2D eigenvalue weighted by molar-refractivity contribution is 0.227. The highest BCUT2D eigenvalue weighted by Gasteiger charge is 2.31. The number of hydrogen-bond acceptors (Lipinski definition) is 4. The number of rotatable bonds is 2. The van der Waals surface area contributed by atoms with Crippen molar-refractivity contribution in [3.05, 3.63) is 11.7 Å². The van der Waals surface area contributed by atoms with Crippen molar-refractivity contribution >= 4 is 0 Å². The minimum atomic E-state index is 0.501. The van der Waals surface area contributed by atoms with Crippen LogP contribution in [0.4, 0.5) is 0 Å². The summed E-state index contributed by atoms with van der Waals surface area (Å²) >= 11 is 0. The average molecular weight is 251 g/mol. The van der Waals surface area contributed by atoms with E-state index in [4.69, 9.17) is 4.52 Å². The highest BCUT2D eigenvalue weighted by Crippen LogP contribution is 2.39. The summed E-state index contributed by atoms with van der Waals surface area (Å²) in [6.45, 7) is 6.54. The molecule has 0 radical (unpaired) electrons. The van der Waals surface area contributed by atoms with Crippen LogP contribution < -0.4 is 0 Å². The molecule has 1 saturated carbocycles. The molecule has 0 spiro atoms. The molecule has 1 aliphatic carbocycles. The number of nitrogens with zero attached hydrogens (tertiary/aromatic N) is 3. The highest BCUT2D eigenvalue weighted by molar-refractivity contribution is 5.05. The van der Waals surface area contributed by atoms with Crippen LogP contribution >= 0.6 is 0 Å². The van der Waals surface area contributed by atoms with Crippen molar-refractivity contribution in [3.8, 4) is 0 Å². The fraction of sp³-hybridized carbons (Fsp3) is 0.857. The maximum Gasteiger partial charge on any atom is 0.229 e. The van der Waals surface area contributed by atoms with E-state index in [0.717, 1.165) is 37.6 Å². The van der Waals surface area contributed by atoms with Gasteiger partial charge in [-0.15, -0.1) is 0 Å². The summed E-state index contributed by atoms with van der Waals surface area (Å²) in [5, 5.41) is 4.07. The maximum absolute atomic E-state index is 5.36. The Labute approximate surface area is 110 Å². The molecule has 1 aromatic rings. The van der Waals surface area contributed by atoms with Gasteiger partial charge in [-0.3, -0.25) is 0 Å². The molecule has 0 amide bonds. The van der Waals surface area contributed by atoms with E-state index in [0.29, 0.717) is 11.8 Å². The molecular weight excluding hydrogens is 226 g/mol. The van der Waals surface area contributed by atoms with Gasteiger partial charge >= 0.3 is 0 Å². The Hall–Kier alpha value is -0.900. The molecule has 2 fully saturated rings. The van der Waals surface area contributed by atoms with Gasteiger partial charge in [-0.1, -0.05) is 25.4 Å². The second-order valence-corrected chi connectivity index (χ2v) is 5.55. The summed E-state index contributed by atoms with van der Waals surface area (Å²) in [5.41, 5.74) is 0. The first kappa shape index (κ1) is 13.5. The standard InChI is InChI=1S/C11H17N3O.C3H8/c1-14-6-4-9(5-7-14)11-12-10(13-15-11)8-2-3-8;1-3-2/h8-9H,2-7H2,1H3;3H2,1-2H3. The topological polar surface area (TPSA) is 42.2 Å². The molecule has 1 aliphatic heterocycles. The number of piperidine rings is 1. The van der Waals surface area contributed by atoms with E-state index in [1.807, 2.05) is 0 Å². The first-order chi connectivity index (χ1) is 8.74. The fourth-order valence-electron chi connectivity index (χ4n) is 2.18. The molecule has 2 aliphatic rings. The van der Waals surface area contributed by atoms with Gasteiger partial charge in [0.05, 0.1) is 0 Å². The Balaban J connectivity index is 0.000000367. The summed E-state index contributed by atoms with van der Waals surface area (Å²) in [6, 6.07) is 0. The van der Waals surface area contributed by atoms with Gasteiger partial charge in [-0.2, -0.15) is 4.98 Å². The van der Waals surface area contributed by atoms with Crippen molar-refractivity contribution in [3.63, 3.8) is 0 Å². The summed E-state index contributed by atoms with van der Waals surface area (Å²) in [7, 11) is 2.17. The fourth-order valence-corrected chi connectivity index (χ4v) is 2.18. The minimum absolute atomic E-state index is 0.501.